The molecule has 3 N–H and O–H groups in total. The first-order valence-corrected chi connectivity index (χ1v) is 10.1. The molecule has 0 aliphatic carbocycles. The van der Waals surface area contributed by atoms with Crippen LogP contribution in [-0.2, 0) is 17.1 Å². The van der Waals surface area contributed by atoms with Gasteiger partial charge >= 0.3 is 0 Å². The SMILES string of the molecule is CCCOc1nc(S(=O)(=O)NC)nc(-c2cc(F)c3nn(C)cc3c2)c1C(N)=O. The Morgan fingerprint density at radius 2 is 2.07 bits per heavy atom. The molecule has 29 heavy (non-hydrogen) atoms. The van der Waals surface area contributed by atoms with E-state index in [0.29, 0.717) is 11.8 Å². The van der Waals surface area contributed by atoms with Crippen molar-refractivity contribution in [2.75, 3.05) is 13.7 Å². The van der Waals surface area contributed by atoms with Gasteiger partial charge in [0, 0.05) is 24.2 Å². The third-order valence-electron chi connectivity index (χ3n) is 4.00. The Bertz CT molecular complexity index is 1210. The lowest BCUT2D eigenvalue weighted by Crippen LogP contribution is -2.24. The van der Waals surface area contributed by atoms with Gasteiger partial charge in [-0.2, -0.15) is 10.1 Å². The second-order valence-corrected chi connectivity index (χ2v) is 7.93. The fraction of sp³-hybridized carbons (Fsp3) is 0.294. The van der Waals surface area contributed by atoms with Gasteiger partial charge in [0.25, 0.3) is 21.1 Å². The molecule has 0 bridgehead atoms. The number of halogens is 1. The van der Waals surface area contributed by atoms with Gasteiger partial charge in [-0.25, -0.2) is 22.5 Å². The molecule has 10 nitrogen and oxygen atoms in total. The van der Waals surface area contributed by atoms with E-state index in [2.05, 4.69) is 19.8 Å². The molecular weight excluding hydrogens is 403 g/mol. The molecule has 1 amide bonds. The first-order chi connectivity index (χ1) is 13.7. The van der Waals surface area contributed by atoms with Gasteiger partial charge in [0.05, 0.1) is 12.3 Å². The fourth-order valence-corrected chi connectivity index (χ4v) is 3.31. The quantitative estimate of drug-likeness (QED) is 0.540. The molecule has 0 atom stereocenters. The van der Waals surface area contributed by atoms with Crippen molar-refractivity contribution in [3.05, 3.63) is 29.7 Å². The lowest BCUT2D eigenvalue weighted by atomic mass is 10.0. The summed E-state index contributed by atoms with van der Waals surface area (Å²) in [5.74, 6) is -1.89. The number of carbonyl (C=O) groups is 1. The third-order valence-corrected chi connectivity index (χ3v) is 5.20. The van der Waals surface area contributed by atoms with Gasteiger partial charge < -0.3 is 10.5 Å². The zero-order valence-corrected chi connectivity index (χ0v) is 16.7. The monoisotopic (exact) mass is 422 g/mol. The number of nitrogens with one attached hydrogen (secondary N) is 1. The maximum Gasteiger partial charge on any atom is 0.276 e. The normalized spacial score (nSPS) is 11.7. The van der Waals surface area contributed by atoms with E-state index in [0.717, 1.165) is 6.07 Å². The van der Waals surface area contributed by atoms with Crippen molar-refractivity contribution in [3.8, 4) is 17.1 Å². The van der Waals surface area contributed by atoms with Crippen LogP contribution in [0.25, 0.3) is 22.2 Å². The standard InChI is InChI=1S/C17H19FN6O4S/c1-4-5-28-16-12(15(19)25)14(21-17(22-16)29(26,27)20-2)9-6-10-8-24(3)23-13(10)11(18)7-9/h6-8,20H,4-5H2,1-3H3,(H2,19,25). The molecule has 3 aromatic rings. The second-order valence-electron chi connectivity index (χ2n) is 6.15. The smallest absolute Gasteiger partial charge is 0.276 e. The van der Waals surface area contributed by atoms with E-state index in [4.69, 9.17) is 10.5 Å². The highest BCUT2D eigenvalue weighted by Crippen LogP contribution is 2.32. The number of nitrogens with two attached hydrogens (primary N) is 1. The Kier molecular flexibility index (Phi) is 5.48. The number of aromatic nitrogens is 4. The first-order valence-electron chi connectivity index (χ1n) is 8.59. The van der Waals surface area contributed by atoms with Crippen LogP contribution in [0.2, 0.25) is 0 Å². The molecule has 12 heteroatoms. The number of rotatable bonds is 7. The highest BCUT2D eigenvalue weighted by atomic mass is 32.2. The topological polar surface area (TPSA) is 142 Å². The summed E-state index contributed by atoms with van der Waals surface area (Å²) < 4.78 is 48.1. The highest BCUT2D eigenvalue weighted by Gasteiger charge is 2.27. The summed E-state index contributed by atoms with van der Waals surface area (Å²) >= 11 is 0. The van der Waals surface area contributed by atoms with Crippen LogP contribution in [0, 0.1) is 5.82 Å². The van der Waals surface area contributed by atoms with Crippen molar-refractivity contribution in [1.29, 1.82) is 0 Å². The number of benzene rings is 1. The number of sulfonamides is 1. The summed E-state index contributed by atoms with van der Waals surface area (Å²) in [6.07, 6.45) is 2.15. The number of ether oxygens (including phenoxy) is 1. The number of hydrogen-bond acceptors (Lipinski definition) is 7. The lowest BCUT2D eigenvalue weighted by Gasteiger charge is -2.14. The van der Waals surface area contributed by atoms with Crippen LogP contribution in [-0.4, -0.2) is 47.7 Å². The van der Waals surface area contributed by atoms with Gasteiger partial charge in [0.1, 0.15) is 11.1 Å². The molecule has 0 saturated heterocycles. The van der Waals surface area contributed by atoms with Gasteiger partial charge in [0.2, 0.25) is 5.88 Å². The van der Waals surface area contributed by atoms with E-state index in [1.54, 1.807) is 13.2 Å². The van der Waals surface area contributed by atoms with Crippen molar-refractivity contribution in [1.82, 2.24) is 24.5 Å². The molecule has 0 aliphatic heterocycles. The average molecular weight is 422 g/mol. The number of primary amides is 1. The number of amides is 1. The third kappa shape index (κ3) is 3.89. The van der Waals surface area contributed by atoms with Gasteiger partial charge in [-0.1, -0.05) is 6.92 Å². The molecule has 0 radical (unpaired) electrons. The molecule has 0 fully saturated rings. The van der Waals surface area contributed by atoms with Crippen LogP contribution in [0.1, 0.15) is 23.7 Å². The molecule has 0 spiro atoms. The number of hydrogen-bond donors (Lipinski definition) is 2. The minimum absolute atomic E-state index is 0.122. The van der Waals surface area contributed by atoms with E-state index >= 15 is 0 Å². The zero-order chi connectivity index (χ0) is 21.3. The van der Waals surface area contributed by atoms with Crippen LogP contribution in [0.5, 0.6) is 5.88 Å². The largest absolute Gasteiger partial charge is 0.477 e. The molecular formula is C17H19FN6O4S. The Morgan fingerprint density at radius 3 is 2.69 bits per heavy atom. The highest BCUT2D eigenvalue weighted by molar-refractivity contribution is 7.89. The van der Waals surface area contributed by atoms with Crippen molar-refractivity contribution >= 4 is 26.8 Å². The van der Waals surface area contributed by atoms with Crippen LogP contribution >= 0.6 is 0 Å². The Morgan fingerprint density at radius 1 is 1.34 bits per heavy atom. The Hall–Kier alpha value is -3.12. The van der Waals surface area contributed by atoms with E-state index in [1.165, 1.54) is 17.8 Å². The van der Waals surface area contributed by atoms with Gasteiger partial charge in [-0.05, 0) is 25.6 Å². The molecule has 1 aromatic carbocycles. The summed E-state index contributed by atoms with van der Waals surface area (Å²) in [5.41, 5.74) is 5.36. The molecule has 2 aromatic heterocycles. The number of aryl methyl sites for hydroxylation is 1. The average Bonchev–Trinajstić information content (AvgIpc) is 3.06. The van der Waals surface area contributed by atoms with E-state index in [-0.39, 0.29) is 34.8 Å². The number of fused-ring (bicyclic) bond motifs is 1. The predicted molar refractivity (Wildman–Crippen MR) is 102 cm³/mol. The Labute approximate surface area is 165 Å². The Balaban J connectivity index is 2.36. The molecule has 0 aliphatic rings. The maximum atomic E-state index is 14.6. The first kappa shape index (κ1) is 20.6. The molecule has 2 heterocycles. The minimum atomic E-state index is -4.08. The van der Waals surface area contributed by atoms with Gasteiger partial charge in [-0.3, -0.25) is 9.48 Å². The number of nitrogens with zero attached hydrogens (tertiary/aromatic N) is 4. The van der Waals surface area contributed by atoms with Crippen molar-refractivity contribution in [2.24, 2.45) is 12.8 Å². The van der Waals surface area contributed by atoms with E-state index in [9.17, 15) is 17.6 Å². The number of carbonyl (C=O) groups excluding carboxylic acids is 1. The zero-order valence-electron chi connectivity index (χ0n) is 15.9. The van der Waals surface area contributed by atoms with Crippen LogP contribution in [0.3, 0.4) is 0 Å². The summed E-state index contributed by atoms with van der Waals surface area (Å²) in [7, 11) is -1.26. The van der Waals surface area contributed by atoms with Crippen LogP contribution in [0.15, 0.2) is 23.5 Å². The van der Waals surface area contributed by atoms with Crippen molar-refractivity contribution in [3.63, 3.8) is 0 Å². The van der Waals surface area contributed by atoms with Crippen LogP contribution in [0.4, 0.5) is 4.39 Å². The second kappa shape index (κ2) is 7.72. The molecule has 0 saturated carbocycles. The molecule has 154 valence electrons. The molecule has 0 unspecified atom stereocenters. The van der Waals surface area contributed by atoms with E-state index < -0.39 is 26.9 Å². The van der Waals surface area contributed by atoms with Crippen molar-refractivity contribution < 1.29 is 22.3 Å². The minimum Gasteiger partial charge on any atom is -0.477 e. The van der Waals surface area contributed by atoms with Crippen molar-refractivity contribution in [2.45, 2.75) is 18.5 Å². The maximum absolute atomic E-state index is 14.6. The summed E-state index contributed by atoms with van der Waals surface area (Å²) in [4.78, 5) is 20.0. The predicted octanol–water partition coefficient (Wildman–Crippen LogP) is 0.965. The van der Waals surface area contributed by atoms with E-state index in [1.807, 2.05) is 6.92 Å². The molecule has 3 rings (SSSR count). The summed E-state index contributed by atoms with van der Waals surface area (Å²) in [6, 6.07) is 2.63. The van der Waals surface area contributed by atoms with Crippen LogP contribution < -0.4 is 15.2 Å². The van der Waals surface area contributed by atoms with Gasteiger partial charge in [-0.15, -0.1) is 0 Å². The van der Waals surface area contributed by atoms with Gasteiger partial charge in [0.15, 0.2) is 5.82 Å². The lowest BCUT2D eigenvalue weighted by molar-refractivity contribution is 0.0995. The fourth-order valence-electron chi connectivity index (χ4n) is 2.72. The summed E-state index contributed by atoms with van der Waals surface area (Å²) in [5, 5.41) is 3.83. The summed E-state index contributed by atoms with van der Waals surface area (Å²) in [6.45, 7) is 1.98.